The molecule has 2 heterocycles. The van der Waals surface area contributed by atoms with E-state index in [0.717, 1.165) is 38.5 Å². The van der Waals surface area contributed by atoms with Crippen molar-refractivity contribution in [2.45, 2.75) is 32.5 Å². The van der Waals surface area contributed by atoms with Gasteiger partial charge in [-0.15, -0.1) is 0 Å². The summed E-state index contributed by atoms with van der Waals surface area (Å²) in [6.07, 6.45) is 3.28. The lowest BCUT2D eigenvalue weighted by atomic mass is 10.1. The predicted molar refractivity (Wildman–Crippen MR) is 94.1 cm³/mol. The zero-order chi connectivity index (χ0) is 16.9. The fraction of sp³-hybridized carbons (Fsp3) is 0.556. The number of hydrogen-bond donors (Lipinski definition) is 0. The van der Waals surface area contributed by atoms with Crippen LogP contribution in [0.1, 0.15) is 19.4 Å². The Kier molecular flexibility index (Phi) is 5.60. The van der Waals surface area contributed by atoms with Crippen molar-refractivity contribution in [1.29, 1.82) is 0 Å². The van der Waals surface area contributed by atoms with Gasteiger partial charge in [-0.1, -0.05) is 12.1 Å². The molecule has 130 valence electrons. The van der Waals surface area contributed by atoms with Gasteiger partial charge in [-0.05, 0) is 31.5 Å². The molecule has 1 aromatic heterocycles. The molecule has 3 rings (SSSR count). The summed E-state index contributed by atoms with van der Waals surface area (Å²) >= 11 is 0. The fourth-order valence-corrected chi connectivity index (χ4v) is 3.59. The maximum atomic E-state index is 5.24. The molecule has 0 amide bonds. The average molecular weight is 329 g/mol. The number of hydrogen-bond acceptors (Lipinski definition) is 5. The van der Waals surface area contributed by atoms with Crippen molar-refractivity contribution in [2.24, 2.45) is 0 Å². The van der Waals surface area contributed by atoms with Crippen LogP contribution in [0, 0.1) is 0 Å². The van der Waals surface area contributed by atoms with Crippen LogP contribution in [0.4, 0.5) is 0 Å². The molecule has 1 aliphatic heterocycles. The Balaban J connectivity index is 1.58. The second kappa shape index (κ2) is 7.88. The van der Waals surface area contributed by atoms with Crippen molar-refractivity contribution in [2.75, 3.05) is 33.4 Å². The normalized spacial score (nSPS) is 22.8. The molecule has 1 aromatic carbocycles. The van der Waals surface area contributed by atoms with Gasteiger partial charge in [-0.25, -0.2) is 9.67 Å². The maximum absolute atomic E-state index is 5.24. The predicted octanol–water partition coefficient (Wildman–Crippen LogP) is 1.81. The quantitative estimate of drug-likeness (QED) is 0.809. The first-order valence-corrected chi connectivity index (χ1v) is 8.58. The number of piperazine rings is 1. The van der Waals surface area contributed by atoms with E-state index in [1.54, 1.807) is 24.4 Å². The zero-order valence-corrected chi connectivity index (χ0v) is 14.8. The minimum atomic E-state index is 0.554. The molecule has 1 fully saturated rings. The molecule has 0 unspecified atom stereocenters. The summed E-state index contributed by atoms with van der Waals surface area (Å²) in [6, 6.07) is 9.68. The summed E-state index contributed by atoms with van der Waals surface area (Å²) < 4.78 is 7.02. The second-order valence-electron chi connectivity index (χ2n) is 6.63. The Hall–Kier alpha value is -1.76. The summed E-state index contributed by atoms with van der Waals surface area (Å²) in [6.45, 7) is 9.62. The monoisotopic (exact) mass is 329 g/mol. The standard InChI is InChI=1S/C18H27N5O/c1-15-10-21(11-16(2)22(15)8-9-24-3)12-17-4-6-18(7-5-17)23-14-19-13-20-23/h4-7,13-16H,8-12H2,1-3H3/t15-,16-/m1/s1. The van der Waals surface area contributed by atoms with E-state index >= 15 is 0 Å². The number of methoxy groups -OCH3 is 1. The van der Waals surface area contributed by atoms with Crippen LogP contribution in [0.5, 0.6) is 0 Å². The van der Waals surface area contributed by atoms with Crippen LogP contribution in [0.25, 0.3) is 5.69 Å². The van der Waals surface area contributed by atoms with E-state index in [2.05, 4.69) is 58.0 Å². The van der Waals surface area contributed by atoms with Crippen LogP contribution in [0.2, 0.25) is 0 Å². The fourth-order valence-electron chi connectivity index (χ4n) is 3.59. The van der Waals surface area contributed by atoms with Gasteiger partial charge in [0, 0.05) is 45.4 Å². The van der Waals surface area contributed by atoms with E-state index in [1.165, 1.54) is 5.56 Å². The largest absolute Gasteiger partial charge is 0.383 e. The van der Waals surface area contributed by atoms with Crippen molar-refractivity contribution in [3.05, 3.63) is 42.5 Å². The average Bonchev–Trinajstić information content (AvgIpc) is 3.09. The van der Waals surface area contributed by atoms with E-state index in [-0.39, 0.29) is 0 Å². The molecule has 6 heteroatoms. The molecule has 2 atom stereocenters. The third-order valence-electron chi connectivity index (χ3n) is 4.76. The van der Waals surface area contributed by atoms with Crippen LogP contribution in [0.3, 0.4) is 0 Å². The molecule has 0 N–H and O–H groups in total. The van der Waals surface area contributed by atoms with Crippen LogP contribution in [0.15, 0.2) is 36.9 Å². The summed E-state index contributed by atoms with van der Waals surface area (Å²) in [4.78, 5) is 9.08. The molecule has 0 radical (unpaired) electrons. The maximum Gasteiger partial charge on any atom is 0.138 e. The third-order valence-corrected chi connectivity index (χ3v) is 4.76. The van der Waals surface area contributed by atoms with Gasteiger partial charge in [-0.2, -0.15) is 5.10 Å². The molecule has 24 heavy (non-hydrogen) atoms. The first-order chi connectivity index (χ1) is 11.7. The number of ether oxygens (including phenoxy) is 1. The van der Waals surface area contributed by atoms with Crippen molar-refractivity contribution >= 4 is 0 Å². The number of nitrogens with zero attached hydrogens (tertiary/aromatic N) is 5. The zero-order valence-electron chi connectivity index (χ0n) is 14.8. The minimum absolute atomic E-state index is 0.554. The van der Waals surface area contributed by atoms with Gasteiger partial charge in [0.25, 0.3) is 0 Å². The van der Waals surface area contributed by atoms with E-state index in [0.29, 0.717) is 12.1 Å². The first-order valence-electron chi connectivity index (χ1n) is 8.58. The Morgan fingerprint density at radius 2 is 1.83 bits per heavy atom. The highest BCUT2D eigenvalue weighted by Crippen LogP contribution is 2.18. The lowest BCUT2D eigenvalue weighted by molar-refractivity contribution is 0.0179. The first kappa shape index (κ1) is 17.1. The van der Waals surface area contributed by atoms with Crippen LogP contribution in [-0.4, -0.2) is 70.0 Å². The molecule has 1 aliphatic rings. The molecule has 0 spiro atoms. The van der Waals surface area contributed by atoms with E-state index in [4.69, 9.17) is 4.74 Å². The highest BCUT2D eigenvalue weighted by Gasteiger charge is 2.28. The molecule has 0 bridgehead atoms. The topological polar surface area (TPSA) is 46.4 Å². The van der Waals surface area contributed by atoms with E-state index in [1.807, 2.05) is 0 Å². The van der Waals surface area contributed by atoms with Crippen molar-refractivity contribution in [1.82, 2.24) is 24.6 Å². The second-order valence-corrected chi connectivity index (χ2v) is 6.63. The highest BCUT2D eigenvalue weighted by molar-refractivity contribution is 5.33. The number of rotatable bonds is 6. The van der Waals surface area contributed by atoms with Gasteiger partial charge in [0.15, 0.2) is 0 Å². The lowest BCUT2D eigenvalue weighted by Gasteiger charge is -2.44. The summed E-state index contributed by atoms with van der Waals surface area (Å²) in [7, 11) is 1.77. The highest BCUT2D eigenvalue weighted by atomic mass is 16.5. The van der Waals surface area contributed by atoms with Crippen molar-refractivity contribution in [3.63, 3.8) is 0 Å². The Labute approximate surface area is 144 Å². The molecule has 1 saturated heterocycles. The minimum Gasteiger partial charge on any atom is -0.383 e. The van der Waals surface area contributed by atoms with Crippen molar-refractivity contribution in [3.8, 4) is 5.69 Å². The van der Waals surface area contributed by atoms with Crippen LogP contribution >= 0.6 is 0 Å². The summed E-state index contributed by atoms with van der Waals surface area (Å²) in [5.74, 6) is 0. The van der Waals surface area contributed by atoms with Gasteiger partial charge in [0.05, 0.1) is 12.3 Å². The van der Waals surface area contributed by atoms with Gasteiger partial charge >= 0.3 is 0 Å². The number of benzene rings is 1. The van der Waals surface area contributed by atoms with Crippen LogP contribution < -0.4 is 0 Å². The lowest BCUT2D eigenvalue weighted by Crippen LogP contribution is -2.56. The molecular weight excluding hydrogens is 302 g/mol. The molecule has 2 aromatic rings. The molecule has 0 aliphatic carbocycles. The Morgan fingerprint density at radius 3 is 2.42 bits per heavy atom. The molecule has 0 saturated carbocycles. The smallest absolute Gasteiger partial charge is 0.138 e. The van der Waals surface area contributed by atoms with Gasteiger partial charge in [0.1, 0.15) is 12.7 Å². The van der Waals surface area contributed by atoms with E-state index in [9.17, 15) is 0 Å². The summed E-state index contributed by atoms with van der Waals surface area (Å²) in [5.41, 5.74) is 2.38. The van der Waals surface area contributed by atoms with Gasteiger partial charge < -0.3 is 4.74 Å². The summed E-state index contributed by atoms with van der Waals surface area (Å²) in [5, 5.41) is 4.16. The molecular formula is C18H27N5O. The van der Waals surface area contributed by atoms with Gasteiger partial charge in [0.2, 0.25) is 0 Å². The third kappa shape index (κ3) is 4.01. The Bertz CT molecular complexity index is 601. The van der Waals surface area contributed by atoms with Crippen LogP contribution in [-0.2, 0) is 11.3 Å². The SMILES string of the molecule is COCCN1[C@H](C)CN(Cc2ccc(-n3cncn3)cc2)C[C@H]1C. The molecule has 6 nitrogen and oxygen atoms in total. The van der Waals surface area contributed by atoms with Crippen molar-refractivity contribution < 1.29 is 4.74 Å². The number of aromatic nitrogens is 3. The van der Waals surface area contributed by atoms with Gasteiger partial charge in [-0.3, -0.25) is 9.80 Å². The van der Waals surface area contributed by atoms with E-state index < -0.39 is 0 Å². The Morgan fingerprint density at radius 1 is 1.12 bits per heavy atom.